The van der Waals surface area contributed by atoms with Gasteiger partial charge in [0.25, 0.3) is 0 Å². The first-order chi connectivity index (χ1) is 8.10. The second kappa shape index (κ2) is 5.34. The van der Waals surface area contributed by atoms with E-state index in [4.69, 9.17) is 14.2 Å². The van der Waals surface area contributed by atoms with Gasteiger partial charge in [-0.1, -0.05) is 0 Å². The Morgan fingerprint density at radius 3 is 2.06 bits per heavy atom. The third-order valence-electron chi connectivity index (χ3n) is 2.29. The quantitative estimate of drug-likeness (QED) is 0.724. The minimum absolute atomic E-state index is 0.0898. The summed E-state index contributed by atoms with van der Waals surface area (Å²) in [5, 5.41) is 0. The smallest absolute Gasteiger partial charge is 0.234 e. The molecule has 0 spiro atoms. The summed E-state index contributed by atoms with van der Waals surface area (Å²) in [6.45, 7) is 1.34. The van der Waals surface area contributed by atoms with E-state index in [0.29, 0.717) is 5.75 Å². The van der Waals surface area contributed by atoms with Crippen molar-refractivity contribution in [3.8, 4) is 17.2 Å². The Balaban J connectivity index is 3.67. The summed E-state index contributed by atoms with van der Waals surface area (Å²) in [5.74, 6) is 0.464. The zero-order valence-corrected chi connectivity index (χ0v) is 10.1. The number of methoxy groups -OCH3 is 3. The molecular weight excluding hydrogens is 224 g/mol. The van der Waals surface area contributed by atoms with Crippen LogP contribution in [0.4, 0.5) is 0 Å². The van der Waals surface area contributed by atoms with E-state index in [1.807, 2.05) is 0 Å². The Labute approximate surface area is 99.3 Å². The first-order valence-corrected chi connectivity index (χ1v) is 4.82. The molecule has 5 nitrogen and oxygen atoms in total. The number of ether oxygens (including phenoxy) is 3. The predicted octanol–water partition coefficient (Wildman–Crippen LogP) is 1.37. The van der Waals surface area contributed by atoms with Crippen molar-refractivity contribution in [1.82, 2.24) is 0 Å². The van der Waals surface area contributed by atoms with Crippen molar-refractivity contribution in [2.45, 2.75) is 6.92 Å². The average Bonchev–Trinajstić information content (AvgIpc) is 2.35. The predicted molar refractivity (Wildman–Crippen MR) is 60.9 cm³/mol. The first kappa shape index (κ1) is 13.0. The molecular formula is C12H13O5. The number of Topliss-reactive ketones (excluding diaryl/α,β-unsaturated/α-hetero) is 1. The van der Waals surface area contributed by atoms with Gasteiger partial charge >= 0.3 is 0 Å². The summed E-state index contributed by atoms with van der Waals surface area (Å²) < 4.78 is 15.3. The molecule has 0 fully saturated rings. The third kappa shape index (κ3) is 2.22. The van der Waals surface area contributed by atoms with Gasteiger partial charge in [0.15, 0.2) is 17.3 Å². The van der Waals surface area contributed by atoms with Crippen LogP contribution in [-0.2, 0) is 4.79 Å². The molecule has 1 aromatic carbocycles. The highest BCUT2D eigenvalue weighted by atomic mass is 16.5. The number of carbonyl (C=O) groups excluding carboxylic acids is 2. The molecule has 0 unspecified atom stereocenters. The van der Waals surface area contributed by atoms with Gasteiger partial charge < -0.3 is 14.2 Å². The molecule has 0 N–H and O–H groups in total. The molecule has 5 heteroatoms. The van der Waals surface area contributed by atoms with Crippen molar-refractivity contribution in [1.29, 1.82) is 0 Å². The molecule has 0 aliphatic rings. The van der Waals surface area contributed by atoms with Gasteiger partial charge in [0.1, 0.15) is 0 Å². The highest BCUT2D eigenvalue weighted by Crippen LogP contribution is 2.41. The minimum atomic E-state index is -0.304. The molecule has 0 aromatic heterocycles. The van der Waals surface area contributed by atoms with Gasteiger partial charge in [0.2, 0.25) is 12.0 Å². The Hall–Kier alpha value is -2.04. The second-order valence-corrected chi connectivity index (χ2v) is 3.23. The lowest BCUT2D eigenvalue weighted by Gasteiger charge is -2.15. The highest BCUT2D eigenvalue weighted by Gasteiger charge is 2.23. The van der Waals surface area contributed by atoms with E-state index in [1.165, 1.54) is 34.3 Å². The van der Waals surface area contributed by atoms with Gasteiger partial charge in [0.05, 0.1) is 26.9 Å². The van der Waals surface area contributed by atoms with Crippen LogP contribution in [0, 0.1) is 0 Å². The van der Waals surface area contributed by atoms with Crippen LogP contribution in [0.15, 0.2) is 6.07 Å². The molecule has 0 bridgehead atoms. The molecule has 0 saturated heterocycles. The van der Waals surface area contributed by atoms with E-state index in [9.17, 15) is 9.59 Å². The van der Waals surface area contributed by atoms with Crippen molar-refractivity contribution in [2.75, 3.05) is 21.3 Å². The topological polar surface area (TPSA) is 61.8 Å². The lowest BCUT2D eigenvalue weighted by atomic mass is 10.0. The van der Waals surface area contributed by atoms with Crippen LogP contribution in [0.1, 0.15) is 22.8 Å². The fraction of sp³-hybridized carbons (Fsp3) is 0.333. The molecule has 1 rings (SSSR count). The summed E-state index contributed by atoms with van der Waals surface area (Å²) >= 11 is 0. The fourth-order valence-corrected chi connectivity index (χ4v) is 1.59. The van der Waals surface area contributed by atoms with Crippen molar-refractivity contribution < 1.29 is 23.8 Å². The zero-order chi connectivity index (χ0) is 13.0. The Morgan fingerprint density at radius 1 is 1.12 bits per heavy atom. The molecule has 0 amide bonds. The van der Waals surface area contributed by atoms with Crippen molar-refractivity contribution >= 4 is 12.1 Å². The fourth-order valence-electron chi connectivity index (χ4n) is 1.59. The van der Waals surface area contributed by atoms with Crippen LogP contribution in [-0.4, -0.2) is 33.4 Å². The lowest BCUT2D eigenvalue weighted by molar-refractivity contribution is 0.101. The molecule has 0 saturated carbocycles. The van der Waals surface area contributed by atoms with Crippen LogP contribution in [0.25, 0.3) is 0 Å². The summed E-state index contributed by atoms with van der Waals surface area (Å²) in [5.41, 5.74) is 0.229. The highest BCUT2D eigenvalue weighted by molar-refractivity contribution is 6.05. The maximum absolute atomic E-state index is 11.5. The van der Waals surface area contributed by atoms with Gasteiger partial charge in [-0.25, -0.2) is 0 Å². The molecule has 17 heavy (non-hydrogen) atoms. The van der Waals surface area contributed by atoms with E-state index in [-0.39, 0.29) is 28.4 Å². The number of rotatable bonds is 5. The van der Waals surface area contributed by atoms with Gasteiger partial charge in [-0.15, -0.1) is 0 Å². The molecule has 1 radical (unpaired) electrons. The van der Waals surface area contributed by atoms with Crippen LogP contribution >= 0.6 is 0 Å². The third-order valence-corrected chi connectivity index (χ3v) is 2.29. The summed E-state index contributed by atoms with van der Waals surface area (Å²) in [4.78, 5) is 22.4. The number of benzene rings is 1. The molecule has 1 aromatic rings. The van der Waals surface area contributed by atoms with E-state index in [0.717, 1.165) is 0 Å². The van der Waals surface area contributed by atoms with E-state index < -0.39 is 0 Å². The number of hydrogen-bond donors (Lipinski definition) is 0. The largest absolute Gasteiger partial charge is 0.493 e. The minimum Gasteiger partial charge on any atom is -0.493 e. The van der Waals surface area contributed by atoms with Crippen LogP contribution < -0.4 is 14.2 Å². The molecule has 0 aliphatic heterocycles. The van der Waals surface area contributed by atoms with Crippen molar-refractivity contribution in [2.24, 2.45) is 0 Å². The van der Waals surface area contributed by atoms with E-state index in [2.05, 4.69) is 0 Å². The summed E-state index contributed by atoms with van der Waals surface area (Å²) in [7, 11) is 4.24. The molecule has 0 aliphatic carbocycles. The molecule has 91 valence electrons. The van der Waals surface area contributed by atoms with Crippen LogP contribution in [0.2, 0.25) is 0 Å². The number of carbonyl (C=O) groups is 1. The van der Waals surface area contributed by atoms with Crippen molar-refractivity contribution in [3.63, 3.8) is 0 Å². The summed E-state index contributed by atoms with van der Waals surface area (Å²) in [6, 6.07) is 1.39. The Kier molecular flexibility index (Phi) is 4.09. The van der Waals surface area contributed by atoms with Gasteiger partial charge in [-0.05, 0) is 13.0 Å². The second-order valence-electron chi connectivity index (χ2n) is 3.23. The van der Waals surface area contributed by atoms with E-state index >= 15 is 0 Å². The van der Waals surface area contributed by atoms with Gasteiger partial charge in [-0.2, -0.15) is 0 Å². The number of ketones is 1. The standard InChI is InChI=1S/C12H13O5/c1-7(14)10-8(6-13)5-9(15-2)11(16-3)12(10)17-4/h5H,1-4H3. The SMILES string of the molecule is COc1cc([C]=O)c(C(C)=O)c(OC)c1OC. The first-order valence-electron chi connectivity index (χ1n) is 4.82. The van der Waals surface area contributed by atoms with Gasteiger partial charge in [0, 0.05) is 5.56 Å². The van der Waals surface area contributed by atoms with Crippen LogP contribution in [0.5, 0.6) is 17.2 Å². The Bertz CT molecular complexity index is 451. The van der Waals surface area contributed by atoms with Crippen LogP contribution in [0.3, 0.4) is 0 Å². The number of hydrogen-bond acceptors (Lipinski definition) is 5. The summed E-state index contributed by atoms with van der Waals surface area (Å²) in [6.07, 6.45) is 1.69. The van der Waals surface area contributed by atoms with E-state index in [1.54, 1.807) is 6.29 Å². The monoisotopic (exact) mass is 237 g/mol. The maximum atomic E-state index is 11.5. The normalized spacial score (nSPS) is 9.65. The zero-order valence-electron chi connectivity index (χ0n) is 10.1. The maximum Gasteiger partial charge on any atom is 0.234 e. The van der Waals surface area contributed by atoms with Crippen molar-refractivity contribution in [3.05, 3.63) is 17.2 Å². The molecule has 0 heterocycles. The lowest BCUT2D eigenvalue weighted by Crippen LogP contribution is -2.06. The molecule has 0 atom stereocenters. The Morgan fingerprint density at radius 2 is 1.71 bits per heavy atom. The average molecular weight is 237 g/mol. The van der Waals surface area contributed by atoms with Gasteiger partial charge in [-0.3, -0.25) is 9.59 Å².